The average molecular weight is 353 g/mol. The standard InChI is InChI=1S/C21H23NO4/c1-14-8-15(2)10-19(9-14)25-13-21(24)26-12-20(23)22-18-7-6-16-4-3-5-17(16)11-18/h6-11H,3-5,12-13H2,1-2H3,(H,22,23). The van der Waals surface area contributed by atoms with Gasteiger partial charge in [0.15, 0.2) is 13.2 Å². The Hall–Kier alpha value is -2.82. The van der Waals surface area contributed by atoms with Crippen molar-refractivity contribution in [3.05, 3.63) is 58.7 Å². The van der Waals surface area contributed by atoms with Crippen LogP contribution in [0.5, 0.6) is 5.75 Å². The Kier molecular flexibility index (Phi) is 5.56. The lowest BCUT2D eigenvalue weighted by atomic mass is 10.1. The molecule has 1 aliphatic rings. The van der Waals surface area contributed by atoms with E-state index in [0.717, 1.165) is 36.1 Å². The van der Waals surface area contributed by atoms with Crippen molar-refractivity contribution in [1.29, 1.82) is 0 Å². The van der Waals surface area contributed by atoms with Crippen molar-refractivity contribution < 1.29 is 19.1 Å². The maximum atomic E-state index is 12.0. The molecule has 0 spiro atoms. The molecule has 1 N–H and O–H groups in total. The maximum Gasteiger partial charge on any atom is 0.344 e. The summed E-state index contributed by atoms with van der Waals surface area (Å²) in [4.78, 5) is 23.7. The number of rotatable bonds is 6. The van der Waals surface area contributed by atoms with Crippen LogP contribution in [0.1, 0.15) is 28.7 Å². The summed E-state index contributed by atoms with van der Waals surface area (Å²) in [6, 6.07) is 11.6. The summed E-state index contributed by atoms with van der Waals surface area (Å²) in [5.41, 5.74) is 5.47. The van der Waals surface area contributed by atoms with Crippen LogP contribution in [-0.2, 0) is 27.2 Å². The first kappa shape index (κ1) is 18.0. The van der Waals surface area contributed by atoms with Gasteiger partial charge >= 0.3 is 5.97 Å². The summed E-state index contributed by atoms with van der Waals surface area (Å²) >= 11 is 0. The van der Waals surface area contributed by atoms with E-state index in [2.05, 4.69) is 5.32 Å². The molecular formula is C21H23NO4. The van der Waals surface area contributed by atoms with Crippen LogP contribution in [0.4, 0.5) is 5.69 Å². The van der Waals surface area contributed by atoms with Crippen LogP contribution in [0.3, 0.4) is 0 Å². The normalized spacial score (nSPS) is 12.4. The van der Waals surface area contributed by atoms with E-state index in [0.29, 0.717) is 5.75 Å². The van der Waals surface area contributed by atoms with Crippen molar-refractivity contribution in [1.82, 2.24) is 0 Å². The fourth-order valence-electron chi connectivity index (χ4n) is 3.19. The molecule has 26 heavy (non-hydrogen) atoms. The summed E-state index contributed by atoms with van der Waals surface area (Å²) in [5.74, 6) is -0.321. The second-order valence-electron chi connectivity index (χ2n) is 6.66. The van der Waals surface area contributed by atoms with Crippen molar-refractivity contribution in [2.75, 3.05) is 18.5 Å². The lowest BCUT2D eigenvalue weighted by molar-refractivity contribution is -0.149. The van der Waals surface area contributed by atoms with Crippen LogP contribution in [0.25, 0.3) is 0 Å². The van der Waals surface area contributed by atoms with Gasteiger partial charge in [0.1, 0.15) is 5.75 Å². The first-order valence-electron chi connectivity index (χ1n) is 8.78. The number of hydrogen-bond acceptors (Lipinski definition) is 4. The molecule has 1 aliphatic carbocycles. The van der Waals surface area contributed by atoms with Gasteiger partial charge in [-0.15, -0.1) is 0 Å². The lowest BCUT2D eigenvalue weighted by Crippen LogP contribution is -2.23. The minimum atomic E-state index is -0.576. The SMILES string of the molecule is Cc1cc(C)cc(OCC(=O)OCC(=O)Nc2ccc3c(c2)CCC3)c1. The Labute approximate surface area is 153 Å². The van der Waals surface area contributed by atoms with Gasteiger partial charge in [-0.25, -0.2) is 4.79 Å². The highest BCUT2D eigenvalue weighted by molar-refractivity contribution is 5.93. The number of aryl methyl sites for hydroxylation is 4. The first-order valence-corrected chi connectivity index (χ1v) is 8.78. The largest absolute Gasteiger partial charge is 0.482 e. The molecule has 5 heteroatoms. The molecule has 0 atom stereocenters. The van der Waals surface area contributed by atoms with Crippen molar-refractivity contribution in [2.24, 2.45) is 0 Å². The van der Waals surface area contributed by atoms with Crippen LogP contribution >= 0.6 is 0 Å². The molecule has 3 rings (SSSR count). The third-order valence-electron chi connectivity index (χ3n) is 4.30. The van der Waals surface area contributed by atoms with E-state index in [9.17, 15) is 9.59 Å². The zero-order valence-electron chi connectivity index (χ0n) is 15.1. The number of anilines is 1. The van der Waals surface area contributed by atoms with Crippen molar-refractivity contribution >= 4 is 17.6 Å². The maximum absolute atomic E-state index is 12.0. The van der Waals surface area contributed by atoms with Gasteiger partial charge in [0.2, 0.25) is 0 Å². The number of fused-ring (bicyclic) bond motifs is 1. The first-order chi connectivity index (χ1) is 12.5. The minimum absolute atomic E-state index is 0.227. The lowest BCUT2D eigenvalue weighted by Gasteiger charge is -2.10. The predicted octanol–water partition coefficient (Wildman–Crippen LogP) is 3.35. The molecule has 0 unspecified atom stereocenters. The molecule has 0 saturated heterocycles. The Morgan fingerprint density at radius 1 is 0.962 bits per heavy atom. The Bertz CT molecular complexity index is 809. The highest BCUT2D eigenvalue weighted by Gasteiger charge is 2.13. The molecule has 136 valence electrons. The van der Waals surface area contributed by atoms with Gasteiger partial charge in [0.25, 0.3) is 5.91 Å². The number of ether oxygens (including phenoxy) is 2. The molecule has 0 heterocycles. The number of nitrogens with one attached hydrogen (secondary N) is 1. The van der Waals surface area contributed by atoms with E-state index >= 15 is 0 Å². The molecule has 5 nitrogen and oxygen atoms in total. The summed E-state index contributed by atoms with van der Waals surface area (Å²) in [6.07, 6.45) is 3.30. The van der Waals surface area contributed by atoms with Crippen molar-refractivity contribution in [2.45, 2.75) is 33.1 Å². The summed E-state index contributed by atoms with van der Waals surface area (Å²) < 4.78 is 10.4. The Morgan fingerprint density at radius 3 is 2.46 bits per heavy atom. The Morgan fingerprint density at radius 2 is 1.69 bits per heavy atom. The van der Waals surface area contributed by atoms with E-state index in [1.807, 2.05) is 50.2 Å². The predicted molar refractivity (Wildman–Crippen MR) is 99.5 cm³/mol. The smallest absolute Gasteiger partial charge is 0.344 e. The third-order valence-corrected chi connectivity index (χ3v) is 4.30. The molecule has 1 amide bonds. The molecule has 2 aromatic rings. The van der Waals surface area contributed by atoms with E-state index in [1.54, 1.807) is 0 Å². The van der Waals surface area contributed by atoms with Gasteiger partial charge in [-0.2, -0.15) is 0 Å². The quantitative estimate of drug-likeness (QED) is 0.809. The van der Waals surface area contributed by atoms with Gasteiger partial charge in [-0.3, -0.25) is 4.79 Å². The fraction of sp³-hybridized carbons (Fsp3) is 0.333. The number of amides is 1. The van der Waals surface area contributed by atoms with Gasteiger partial charge in [0.05, 0.1) is 0 Å². The number of hydrogen-bond donors (Lipinski definition) is 1. The molecule has 0 aromatic heterocycles. The average Bonchev–Trinajstić information content (AvgIpc) is 3.05. The number of esters is 1. The highest BCUT2D eigenvalue weighted by Crippen LogP contribution is 2.24. The molecular weight excluding hydrogens is 330 g/mol. The van der Waals surface area contributed by atoms with Crippen LogP contribution < -0.4 is 10.1 Å². The molecule has 0 aliphatic heterocycles. The molecule has 0 saturated carbocycles. The van der Waals surface area contributed by atoms with E-state index in [4.69, 9.17) is 9.47 Å². The van der Waals surface area contributed by atoms with Crippen LogP contribution in [0, 0.1) is 13.8 Å². The highest BCUT2D eigenvalue weighted by atomic mass is 16.6. The van der Waals surface area contributed by atoms with Gasteiger partial charge < -0.3 is 14.8 Å². The molecule has 0 radical (unpaired) electrons. The fourth-order valence-corrected chi connectivity index (χ4v) is 3.19. The zero-order valence-corrected chi connectivity index (χ0v) is 15.1. The minimum Gasteiger partial charge on any atom is -0.482 e. The Balaban J connectivity index is 1.43. The van der Waals surface area contributed by atoms with E-state index in [1.165, 1.54) is 11.1 Å². The summed E-state index contributed by atoms with van der Waals surface area (Å²) in [7, 11) is 0. The van der Waals surface area contributed by atoms with Crippen LogP contribution in [-0.4, -0.2) is 25.1 Å². The van der Waals surface area contributed by atoms with Crippen LogP contribution in [0.15, 0.2) is 36.4 Å². The molecule has 0 fully saturated rings. The third kappa shape index (κ3) is 4.85. The van der Waals surface area contributed by atoms with E-state index < -0.39 is 5.97 Å². The molecule has 0 bridgehead atoms. The van der Waals surface area contributed by atoms with Gasteiger partial charge in [-0.1, -0.05) is 12.1 Å². The van der Waals surface area contributed by atoms with Crippen molar-refractivity contribution in [3.63, 3.8) is 0 Å². The number of carbonyl (C=O) groups excluding carboxylic acids is 2. The van der Waals surface area contributed by atoms with Crippen LogP contribution in [0.2, 0.25) is 0 Å². The van der Waals surface area contributed by atoms with Gasteiger partial charge in [-0.05, 0) is 79.6 Å². The number of carbonyl (C=O) groups is 2. The monoisotopic (exact) mass is 353 g/mol. The topological polar surface area (TPSA) is 64.6 Å². The second-order valence-corrected chi connectivity index (χ2v) is 6.66. The van der Waals surface area contributed by atoms with Gasteiger partial charge in [0, 0.05) is 5.69 Å². The zero-order chi connectivity index (χ0) is 18.5. The number of benzene rings is 2. The van der Waals surface area contributed by atoms with E-state index in [-0.39, 0.29) is 19.1 Å². The van der Waals surface area contributed by atoms with Crippen molar-refractivity contribution in [3.8, 4) is 5.75 Å². The summed E-state index contributed by atoms with van der Waals surface area (Å²) in [5, 5.41) is 2.76. The molecule has 2 aromatic carbocycles. The summed E-state index contributed by atoms with van der Waals surface area (Å²) in [6.45, 7) is 3.37. The second kappa shape index (κ2) is 8.04.